The van der Waals surface area contributed by atoms with Crippen molar-refractivity contribution < 1.29 is 9.47 Å². The molecule has 0 spiro atoms. The number of nitrogen functional groups attached to an aromatic ring is 1. The first-order chi connectivity index (χ1) is 9.19. The molecule has 2 aromatic rings. The van der Waals surface area contributed by atoms with Gasteiger partial charge in [0.05, 0.1) is 19.4 Å². The van der Waals surface area contributed by atoms with E-state index in [4.69, 9.17) is 26.8 Å². The summed E-state index contributed by atoms with van der Waals surface area (Å²) in [4.78, 5) is 0. The molecule has 0 atom stereocenters. The van der Waals surface area contributed by atoms with Gasteiger partial charge in [-0.2, -0.15) is 0 Å². The minimum absolute atomic E-state index is 0.558. The van der Waals surface area contributed by atoms with Crippen LogP contribution in [0.1, 0.15) is 5.56 Å². The Kier molecular flexibility index (Phi) is 4.53. The van der Waals surface area contributed by atoms with Gasteiger partial charge in [-0.25, -0.2) is 0 Å². The Morgan fingerprint density at radius 3 is 2.47 bits per heavy atom. The Morgan fingerprint density at radius 2 is 1.84 bits per heavy atom. The lowest BCUT2D eigenvalue weighted by molar-refractivity contribution is 0.323. The summed E-state index contributed by atoms with van der Waals surface area (Å²) in [6.07, 6.45) is 0.812. The van der Waals surface area contributed by atoms with Crippen LogP contribution in [-0.2, 0) is 6.42 Å². The molecule has 2 rings (SSSR count). The lowest BCUT2D eigenvalue weighted by Gasteiger charge is -2.09. The second kappa shape index (κ2) is 6.34. The second-order valence-electron chi connectivity index (χ2n) is 4.13. The van der Waals surface area contributed by atoms with Gasteiger partial charge in [-0.15, -0.1) is 0 Å². The Hall–Kier alpha value is -1.87. The molecule has 0 unspecified atom stereocenters. The van der Waals surface area contributed by atoms with E-state index < -0.39 is 0 Å². The number of benzene rings is 2. The molecular formula is C15H16ClNO2. The third-order valence-electron chi connectivity index (χ3n) is 2.78. The van der Waals surface area contributed by atoms with Gasteiger partial charge in [0.2, 0.25) is 0 Å². The quantitative estimate of drug-likeness (QED) is 0.850. The van der Waals surface area contributed by atoms with Crippen molar-refractivity contribution in [1.82, 2.24) is 0 Å². The highest BCUT2D eigenvalue weighted by atomic mass is 35.5. The maximum atomic E-state index is 5.83. The smallest absolute Gasteiger partial charge is 0.142 e. The summed E-state index contributed by atoms with van der Waals surface area (Å²) in [6, 6.07) is 13.1. The SMILES string of the molecule is COc1ccc(CCOc2ccc(Cl)cc2N)cc1. The Bertz CT molecular complexity index is 540. The third kappa shape index (κ3) is 3.80. The van der Waals surface area contributed by atoms with Crippen LogP contribution in [0.4, 0.5) is 5.69 Å². The number of rotatable bonds is 5. The maximum absolute atomic E-state index is 5.83. The lowest BCUT2D eigenvalue weighted by Crippen LogP contribution is -2.03. The van der Waals surface area contributed by atoms with Crippen LogP contribution in [-0.4, -0.2) is 13.7 Å². The summed E-state index contributed by atoms with van der Waals surface area (Å²) in [5.74, 6) is 1.52. The molecular weight excluding hydrogens is 262 g/mol. The van der Waals surface area contributed by atoms with Crippen LogP contribution in [0.15, 0.2) is 42.5 Å². The fourth-order valence-corrected chi connectivity index (χ4v) is 1.90. The molecule has 3 nitrogen and oxygen atoms in total. The monoisotopic (exact) mass is 277 g/mol. The van der Waals surface area contributed by atoms with Crippen LogP contribution < -0.4 is 15.2 Å². The number of anilines is 1. The van der Waals surface area contributed by atoms with E-state index in [1.54, 1.807) is 25.3 Å². The molecule has 0 aliphatic rings. The largest absolute Gasteiger partial charge is 0.497 e. The number of nitrogens with two attached hydrogens (primary N) is 1. The number of ether oxygens (including phenoxy) is 2. The van der Waals surface area contributed by atoms with Crippen molar-refractivity contribution >= 4 is 17.3 Å². The van der Waals surface area contributed by atoms with Crippen LogP contribution in [0.5, 0.6) is 11.5 Å². The molecule has 0 heterocycles. The van der Waals surface area contributed by atoms with Gasteiger partial charge < -0.3 is 15.2 Å². The standard InChI is InChI=1S/C15H16ClNO2/c1-18-13-5-2-11(3-6-13)8-9-19-15-7-4-12(16)10-14(15)17/h2-7,10H,8-9,17H2,1H3. The van der Waals surface area contributed by atoms with Gasteiger partial charge in [0.15, 0.2) is 0 Å². The molecule has 2 N–H and O–H groups in total. The summed E-state index contributed by atoms with van der Waals surface area (Å²) in [7, 11) is 1.65. The van der Waals surface area contributed by atoms with Crippen molar-refractivity contribution in [3.05, 3.63) is 53.1 Å². The molecule has 2 aromatic carbocycles. The van der Waals surface area contributed by atoms with Crippen molar-refractivity contribution in [3.63, 3.8) is 0 Å². The predicted molar refractivity (Wildman–Crippen MR) is 78.1 cm³/mol. The molecule has 0 amide bonds. The summed E-state index contributed by atoms with van der Waals surface area (Å²) in [6.45, 7) is 0.568. The Labute approximate surface area is 117 Å². The van der Waals surface area contributed by atoms with E-state index in [1.807, 2.05) is 24.3 Å². The van der Waals surface area contributed by atoms with E-state index in [0.29, 0.717) is 23.1 Å². The summed E-state index contributed by atoms with van der Waals surface area (Å²) in [5, 5.41) is 0.611. The first-order valence-corrected chi connectivity index (χ1v) is 6.37. The van der Waals surface area contributed by atoms with E-state index in [9.17, 15) is 0 Å². The molecule has 0 radical (unpaired) electrons. The fraction of sp³-hybridized carbons (Fsp3) is 0.200. The first-order valence-electron chi connectivity index (χ1n) is 6.00. The molecule has 19 heavy (non-hydrogen) atoms. The van der Waals surface area contributed by atoms with Gasteiger partial charge in [0.25, 0.3) is 0 Å². The van der Waals surface area contributed by atoms with E-state index in [2.05, 4.69) is 0 Å². The van der Waals surface area contributed by atoms with E-state index in [-0.39, 0.29) is 0 Å². The number of hydrogen-bond acceptors (Lipinski definition) is 3. The number of halogens is 1. The van der Waals surface area contributed by atoms with Gasteiger partial charge in [0, 0.05) is 11.4 Å². The molecule has 0 aliphatic carbocycles. The minimum Gasteiger partial charge on any atom is -0.497 e. The van der Waals surface area contributed by atoms with Crippen molar-refractivity contribution in [2.24, 2.45) is 0 Å². The van der Waals surface area contributed by atoms with Gasteiger partial charge in [-0.1, -0.05) is 23.7 Å². The van der Waals surface area contributed by atoms with E-state index in [0.717, 1.165) is 12.2 Å². The molecule has 0 aromatic heterocycles. The predicted octanol–water partition coefficient (Wildman–Crippen LogP) is 3.55. The third-order valence-corrected chi connectivity index (χ3v) is 3.01. The van der Waals surface area contributed by atoms with Gasteiger partial charge in [-0.3, -0.25) is 0 Å². The normalized spacial score (nSPS) is 10.2. The summed E-state index contributed by atoms with van der Waals surface area (Å²) < 4.78 is 10.7. The van der Waals surface area contributed by atoms with Crippen LogP contribution >= 0.6 is 11.6 Å². The molecule has 0 saturated carbocycles. The molecule has 0 bridgehead atoms. The average Bonchev–Trinajstić information content (AvgIpc) is 2.42. The first kappa shape index (κ1) is 13.6. The zero-order chi connectivity index (χ0) is 13.7. The molecule has 100 valence electrons. The van der Waals surface area contributed by atoms with Crippen molar-refractivity contribution in [2.45, 2.75) is 6.42 Å². The number of hydrogen-bond donors (Lipinski definition) is 1. The average molecular weight is 278 g/mol. The van der Waals surface area contributed by atoms with Gasteiger partial charge in [0.1, 0.15) is 11.5 Å². The van der Waals surface area contributed by atoms with Crippen molar-refractivity contribution in [3.8, 4) is 11.5 Å². The van der Waals surface area contributed by atoms with Crippen molar-refractivity contribution in [2.75, 3.05) is 19.5 Å². The van der Waals surface area contributed by atoms with Gasteiger partial charge >= 0.3 is 0 Å². The lowest BCUT2D eigenvalue weighted by atomic mass is 10.1. The van der Waals surface area contributed by atoms with Crippen molar-refractivity contribution in [1.29, 1.82) is 0 Å². The highest BCUT2D eigenvalue weighted by molar-refractivity contribution is 6.30. The number of methoxy groups -OCH3 is 1. The molecule has 0 aliphatic heterocycles. The summed E-state index contributed by atoms with van der Waals surface area (Å²) in [5.41, 5.74) is 7.56. The second-order valence-corrected chi connectivity index (χ2v) is 4.57. The Morgan fingerprint density at radius 1 is 1.11 bits per heavy atom. The van der Waals surface area contributed by atoms with E-state index >= 15 is 0 Å². The zero-order valence-corrected chi connectivity index (χ0v) is 11.5. The van der Waals surface area contributed by atoms with Gasteiger partial charge in [-0.05, 0) is 35.9 Å². The Balaban J connectivity index is 1.88. The molecule has 0 saturated heterocycles. The topological polar surface area (TPSA) is 44.5 Å². The van der Waals surface area contributed by atoms with Crippen LogP contribution in [0.25, 0.3) is 0 Å². The maximum Gasteiger partial charge on any atom is 0.142 e. The highest BCUT2D eigenvalue weighted by Crippen LogP contribution is 2.25. The minimum atomic E-state index is 0.558. The highest BCUT2D eigenvalue weighted by Gasteiger charge is 2.01. The van der Waals surface area contributed by atoms with E-state index in [1.165, 1.54) is 5.56 Å². The summed E-state index contributed by atoms with van der Waals surface area (Å²) >= 11 is 5.83. The van der Waals surface area contributed by atoms with Crippen LogP contribution in [0.2, 0.25) is 5.02 Å². The molecule has 0 fully saturated rings. The zero-order valence-electron chi connectivity index (χ0n) is 10.7. The molecule has 4 heteroatoms. The fourth-order valence-electron chi connectivity index (χ4n) is 1.72. The van der Waals surface area contributed by atoms with Crippen LogP contribution in [0.3, 0.4) is 0 Å². The van der Waals surface area contributed by atoms with Crippen LogP contribution in [0, 0.1) is 0 Å².